The van der Waals surface area contributed by atoms with E-state index in [1.807, 2.05) is 65.6 Å². The fourth-order valence-corrected chi connectivity index (χ4v) is 5.94. The maximum absolute atomic E-state index is 13.8. The lowest BCUT2D eigenvalue weighted by atomic mass is 10.0. The van der Waals surface area contributed by atoms with Gasteiger partial charge in [0.05, 0.1) is 29.2 Å². The van der Waals surface area contributed by atoms with Crippen molar-refractivity contribution < 1.29 is 13.2 Å². The fraction of sp³-hybridized carbons (Fsp3) is 0.208. The quantitative estimate of drug-likeness (QED) is 0.631. The third-order valence-corrected chi connectivity index (χ3v) is 7.53. The molecule has 0 saturated carbocycles. The number of para-hydroxylation sites is 1. The van der Waals surface area contributed by atoms with Crippen LogP contribution in [0, 0.1) is 0 Å². The Balaban J connectivity index is 1.61. The Labute approximate surface area is 176 Å². The zero-order chi connectivity index (χ0) is 20.7. The molecule has 0 aliphatic carbocycles. The highest BCUT2D eigenvalue weighted by Crippen LogP contribution is 2.39. The van der Waals surface area contributed by atoms with Crippen molar-refractivity contribution in [3.8, 4) is 0 Å². The van der Waals surface area contributed by atoms with Crippen molar-refractivity contribution >= 4 is 27.3 Å². The van der Waals surface area contributed by atoms with Gasteiger partial charge in [-0.2, -0.15) is 0 Å². The minimum atomic E-state index is -3.81. The number of aryl methyl sites for hydroxylation is 1. The van der Waals surface area contributed by atoms with Gasteiger partial charge in [0.1, 0.15) is 0 Å². The molecule has 0 N–H and O–H groups in total. The lowest BCUT2D eigenvalue weighted by Gasteiger charge is -2.28. The summed E-state index contributed by atoms with van der Waals surface area (Å²) in [4.78, 5) is 14.4. The maximum atomic E-state index is 13.8. The van der Waals surface area contributed by atoms with Crippen molar-refractivity contribution in [2.75, 3.05) is 15.7 Å². The van der Waals surface area contributed by atoms with Gasteiger partial charge in [-0.3, -0.25) is 9.10 Å². The molecule has 0 atom stereocenters. The molecule has 0 radical (unpaired) electrons. The van der Waals surface area contributed by atoms with Crippen LogP contribution >= 0.6 is 0 Å². The van der Waals surface area contributed by atoms with Crippen molar-refractivity contribution in [1.29, 1.82) is 0 Å². The van der Waals surface area contributed by atoms with Crippen LogP contribution < -0.4 is 9.21 Å². The van der Waals surface area contributed by atoms with Gasteiger partial charge in [0, 0.05) is 6.54 Å². The third-order valence-electron chi connectivity index (χ3n) is 5.78. The Hall–Kier alpha value is -3.12. The molecule has 2 aliphatic heterocycles. The minimum absolute atomic E-state index is 0.0599. The summed E-state index contributed by atoms with van der Waals surface area (Å²) in [5.74, 6) is 0.0599. The fourth-order valence-electron chi connectivity index (χ4n) is 4.38. The van der Waals surface area contributed by atoms with Crippen molar-refractivity contribution in [3.05, 3.63) is 89.5 Å². The van der Waals surface area contributed by atoms with Gasteiger partial charge in [-0.25, -0.2) is 8.42 Å². The van der Waals surface area contributed by atoms with Crippen LogP contribution in [0.25, 0.3) is 0 Å². The number of carbonyl (C=O) groups is 1. The molecule has 2 aliphatic rings. The zero-order valence-corrected chi connectivity index (χ0v) is 17.3. The van der Waals surface area contributed by atoms with E-state index < -0.39 is 10.0 Å². The maximum Gasteiger partial charge on any atom is 0.264 e. The van der Waals surface area contributed by atoms with E-state index in [1.54, 1.807) is 12.1 Å². The van der Waals surface area contributed by atoms with Gasteiger partial charge < -0.3 is 4.90 Å². The molecule has 6 heteroatoms. The van der Waals surface area contributed by atoms with Gasteiger partial charge in [-0.15, -0.1) is 0 Å². The molecule has 0 bridgehead atoms. The summed E-state index contributed by atoms with van der Waals surface area (Å²) in [6.07, 6.45) is 1.92. The molecule has 1 amide bonds. The Kier molecular flexibility index (Phi) is 4.59. The first kappa shape index (κ1) is 18.9. The molecule has 0 fully saturated rings. The molecule has 5 nitrogen and oxygen atoms in total. The highest BCUT2D eigenvalue weighted by molar-refractivity contribution is 7.92. The highest BCUT2D eigenvalue weighted by Gasteiger charge is 2.35. The first-order valence-electron chi connectivity index (χ1n) is 10.1. The molecular formula is C24H22N2O3S. The van der Waals surface area contributed by atoms with E-state index in [0.717, 1.165) is 41.8 Å². The summed E-state index contributed by atoms with van der Waals surface area (Å²) >= 11 is 0. The number of nitrogens with zero attached hydrogens (tertiary/aromatic N) is 2. The van der Waals surface area contributed by atoms with Crippen LogP contribution in [0.4, 0.5) is 11.4 Å². The summed E-state index contributed by atoms with van der Waals surface area (Å²) in [5, 5.41) is 0. The number of benzene rings is 3. The second kappa shape index (κ2) is 7.29. The van der Waals surface area contributed by atoms with Crippen LogP contribution in [0.5, 0.6) is 0 Å². The number of hydrogen-bond acceptors (Lipinski definition) is 3. The van der Waals surface area contributed by atoms with E-state index in [2.05, 4.69) is 0 Å². The summed E-state index contributed by atoms with van der Waals surface area (Å²) in [7, 11) is -3.81. The zero-order valence-electron chi connectivity index (χ0n) is 16.5. The van der Waals surface area contributed by atoms with Crippen molar-refractivity contribution in [3.63, 3.8) is 0 Å². The van der Waals surface area contributed by atoms with Crippen LogP contribution in [0.3, 0.4) is 0 Å². The van der Waals surface area contributed by atoms with Crippen LogP contribution in [0.15, 0.2) is 77.7 Å². The third kappa shape index (κ3) is 3.17. The summed E-state index contributed by atoms with van der Waals surface area (Å²) in [5.41, 5.74) is 4.24. The average molecular weight is 419 g/mol. The second-order valence-corrected chi connectivity index (χ2v) is 9.61. The first-order chi connectivity index (χ1) is 14.5. The Morgan fingerprint density at radius 2 is 1.57 bits per heavy atom. The number of rotatable bonds is 5. The molecular weight excluding hydrogens is 396 g/mol. The lowest BCUT2D eigenvalue weighted by Crippen LogP contribution is -2.32. The number of sulfonamides is 1. The molecule has 0 saturated heterocycles. The topological polar surface area (TPSA) is 57.7 Å². The predicted molar refractivity (Wildman–Crippen MR) is 117 cm³/mol. The Bertz CT molecular complexity index is 1210. The Morgan fingerprint density at radius 1 is 0.900 bits per heavy atom. The predicted octanol–water partition coefficient (Wildman–Crippen LogP) is 3.92. The molecule has 30 heavy (non-hydrogen) atoms. The van der Waals surface area contributed by atoms with Gasteiger partial charge in [-0.1, -0.05) is 48.5 Å². The molecule has 3 aromatic rings. The number of amides is 1. The van der Waals surface area contributed by atoms with E-state index in [-0.39, 0.29) is 23.8 Å². The standard InChI is InChI=1S/C24H22N2O3S/c27-23-16-20-15-22(14-19-10-7-13-25(23)24(19)20)30(28,29)26(21-11-5-2-6-12-21)17-18-8-3-1-4-9-18/h1-6,8-9,11-12,14-15H,7,10,13,16-17H2. The number of anilines is 2. The molecule has 0 spiro atoms. The summed E-state index contributed by atoms with van der Waals surface area (Å²) in [6, 6.07) is 22.2. The van der Waals surface area contributed by atoms with Crippen LogP contribution in [0.1, 0.15) is 23.1 Å². The van der Waals surface area contributed by atoms with E-state index >= 15 is 0 Å². The van der Waals surface area contributed by atoms with Gasteiger partial charge in [0.15, 0.2) is 0 Å². The van der Waals surface area contributed by atoms with Crippen molar-refractivity contribution in [2.24, 2.45) is 0 Å². The number of hydrogen-bond donors (Lipinski definition) is 0. The molecule has 152 valence electrons. The van der Waals surface area contributed by atoms with E-state index in [4.69, 9.17) is 0 Å². The highest BCUT2D eigenvalue weighted by atomic mass is 32.2. The summed E-state index contributed by atoms with van der Waals surface area (Å²) < 4.78 is 29.1. The number of carbonyl (C=O) groups excluding carboxylic acids is 1. The van der Waals surface area contributed by atoms with Gasteiger partial charge >= 0.3 is 0 Å². The van der Waals surface area contributed by atoms with Gasteiger partial charge in [-0.05, 0) is 53.8 Å². The van der Waals surface area contributed by atoms with Gasteiger partial charge in [0.2, 0.25) is 5.91 Å². The molecule has 2 heterocycles. The largest absolute Gasteiger partial charge is 0.312 e. The van der Waals surface area contributed by atoms with Crippen molar-refractivity contribution in [2.45, 2.75) is 30.7 Å². The van der Waals surface area contributed by atoms with E-state index in [1.165, 1.54) is 4.31 Å². The summed E-state index contributed by atoms with van der Waals surface area (Å²) in [6.45, 7) is 0.958. The molecule has 5 rings (SSSR count). The van der Waals surface area contributed by atoms with Gasteiger partial charge in [0.25, 0.3) is 10.0 Å². The first-order valence-corrected chi connectivity index (χ1v) is 11.6. The molecule has 0 aromatic heterocycles. The SMILES string of the molecule is O=C1Cc2cc(S(=O)(=O)N(Cc3ccccc3)c3ccccc3)cc3c2N1CCC3. The molecule has 3 aromatic carbocycles. The Morgan fingerprint density at radius 3 is 2.30 bits per heavy atom. The smallest absolute Gasteiger partial charge is 0.264 e. The minimum Gasteiger partial charge on any atom is -0.312 e. The van der Waals surface area contributed by atoms with Crippen molar-refractivity contribution in [1.82, 2.24) is 0 Å². The van der Waals surface area contributed by atoms with Crippen LogP contribution in [-0.4, -0.2) is 20.9 Å². The monoisotopic (exact) mass is 418 g/mol. The van der Waals surface area contributed by atoms with Crippen LogP contribution in [-0.2, 0) is 34.2 Å². The second-order valence-electron chi connectivity index (χ2n) is 7.75. The normalized spacial score (nSPS) is 15.2. The molecule has 0 unspecified atom stereocenters. The van der Waals surface area contributed by atoms with Crippen LogP contribution in [0.2, 0.25) is 0 Å². The lowest BCUT2D eigenvalue weighted by molar-refractivity contribution is -0.117. The average Bonchev–Trinajstić information content (AvgIpc) is 3.10. The van der Waals surface area contributed by atoms with E-state index in [0.29, 0.717) is 5.69 Å². The van der Waals surface area contributed by atoms with E-state index in [9.17, 15) is 13.2 Å².